The van der Waals surface area contributed by atoms with Crippen molar-refractivity contribution in [1.82, 2.24) is 24.6 Å². The number of hydrogen-bond donors (Lipinski definition) is 0. The maximum Gasteiger partial charge on any atom is 0.245 e. The number of benzene rings is 1. The summed E-state index contributed by atoms with van der Waals surface area (Å²) in [4.78, 5) is 34.2. The molecule has 0 saturated carbocycles. The first kappa shape index (κ1) is 22.7. The Bertz CT molecular complexity index is 1080. The molecule has 2 aromatic heterocycles. The molecule has 172 valence electrons. The van der Waals surface area contributed by atoms with E-state index in [-0.39, 0.29) is 11.8 Å². The molecule has 0 N–H and O–H groups in total. The SMILES string of the molecule is CCCN1CCN(C(=O)CCn2nccc2C)[C@H](Cc2ccc(-c3ccncc3)cc2)C1=O. The van der Waals surface area contributed by atoms with E-state index in [1.807, 2.05) is 34.7 Å². The van der Waals surface area contributed by atoms with Crippen LogP contribution in [0.3, 0.4) is 0 Å². The van der Waals surface area contributed by atoms with Crippen LogP contribution < -0.4 is 0 Å². The Morgan fingerprint density at radius 2 is 1.70 bits per heavy atom. The molecule has 0 aliphatic carbocycles. The van der Waals surface area contributed by atoms with Crippen LogP contribution in [0.2, 0.25) is 0 Å². The van der Waals surface area contributed by atoms with Crippen molar-refractivity contribution >= 4 is 11.8 Å². The first-order valence-corrected chi connectivity index (χ1v) is 11.6. The van der Waals surface area contributed by atoms with Gasteiger partial charge in [0, 0.05) is 63.3 Å². The van der Waals surface area contributed by atoms with Crippen LogP contribution in [-0.4, -0.2) is 62.1 Å². The highest BCUT2D eigenvalue weighted by Gasteiger charge is 2.36. The van der Waals surface area contributed by atoms with Gasteiger partial charge in [0.05, 0.1) is 0 Å². The Balaban J connectivity index is 1.49. The van der Waals surface area contributed by atoms with Crippen LogP contribution in [0.25, 0.3) is 11.1 Å². The molecule has 1 saturated heterocycles. The molecule has 33 heavy (non-hydrogen) atoms. The van der Waals surface area contributed by atoms with Gasteiger partial charge in [0.1, 0.15) is 6.04 Å². The molecular weight excluding hydrogens is 414 g/mol. The van der Waals surface area contributed by atoms with Gasteiger partial charge >= 0.3 is 0 Å². The van der Waals surface area contributed by atoms with Gasteiger partial charge in [-0.3, -0.25) is 19.3 Å². The Morgan fingerprint density at radius 3 is 2.36 bits per heavy atom. The van der Waals surface area contributed by atoms with Gasteiger partial charge in [-0.15, -0.1) is 0 Å². The molecule has 7 nitrogen and oxygen atoms in total. The molecule has 1 aliphatic rings. The number of amides is 2. The summed E-state index contributed by atoms with van der Waals surface area (Å²) >= 11 is 0. The zero-order chi connectivity index (χ0) is 23.2. The summed E-state index contributed by atoms with van der Waals surface area (Å²) in [6.45, 7) is 6.46. The highest BCUT2D eigenvalue weighted by Crippen LogP contribution is 2.22. The molecular formula is C26H31N5O2. The lowest BCUT2D eigenvalue weighted by Gasteiger charge is -2.41. The normalized spacial score (nSPS) is 16.3. The average Bonchev–Trinajstić information content (AvgIpc) is 3.26. The standard InChI is InChI=1S/C26H31N5O2/c1-3-15-29-17-18-30(25(32)11-16-31-20(2)8-14-28-31)24(26(29)33)19-21-4-6-22(7-5-21)23-9-12-27-13-10-23/h4-10,12-14,24H,3,11,15-19H2,1-2H3/t24-/m1/s1. The minimum atomic E-state index is -0.469. The summed E-state index contributed by atoms with van der Waals surface area (Å²) in [7, 11) is 0. The molecule has 2 amide bonds. The molecule has 3 heterocycles. The Hall–Kier alpha value is -3.48. The first-order chi connectivity index (χ1) is 16.1. The molecule has 1 aromatic carbocycles. The van der Waals surface area contributed by atoms with Crippen molar-refractivity contribution in [3.8, 4) is 11.1 Å². The second-order valence-corrected chi connectivity index (χ2v) is 8.51. The quantitative estimate of drug-likeness (QED) is 0.533. The van der Waals surface area contributed by atoms with E-state index >= 15 is 0 Å². The molecule has 0 radical (unpaired) electrons. The predicted molar refractivity (Wildman–Crippen MR) is 127 cm³/mol. The number of aryl methyl sites for hydroxylation is 2. The zero-order valence-corrected chi connectivity index (χ0v) is 19.4. The number of piperazine rings is 1. The third kappa shape index (κ3) is 5.30. The highest BCUT2D eigenvalue weighted by atomic mass is 16.2. The van der Waals surface area contributed by atoms with Crippen LogP contribution >= 0.6 is 0 Å². The van der Waals surface area contributed by atoms with Gasteiger partial charge in [0.15, 0.2) is 0 Å². The van der Waals surface area contributed by atoms with Crippen LogP contribution in [0.1, 0.15) is 31.0 Å². The fourth-order valence-electron chi connectivity index (χ4n) is 4.41. The van der Waals surface area contributed by atoms with E-state index in [1.165, 1.54) is 0 Å². The van der Waals surface area contributed by atoms with Crippen molar-refractivity contribution < 1.29 is 9.59 Å². The molecule has 0 unspecified atom stereocenters. The molecule has 1 aliphatic heterocycles. The smallest absolute Gasteiger partial charge is 0.245 e. The molecule has 7 heteroatoms. The van der Waals surface area contributed by atoms with E-state index in [4.69, 9.17) is 0 Å². The topological polar surface area (TPSA) is 71.3 Å². The minimum Gasteiger partial charge on any atom is -0.339 e. The second kappa shape index (κ2) is 10.4. The zero-order valence-electron chi connectivity index (χ0n) is 19.4. The summed E-state index contributed by atoms with van der Waals surface area (Å²) in [5.41, 5.74) is 4.28. The lowest BCUT2D eigenvalue weighted by Crippen LogP contribution is -2.59. The van der Waals surface area contributed by atoms with Crippen molar-refractivity contribution in [2.75, 3.05) is 19.6 Å². The van der Waals surface area contributed by atoms with Crippen molar-refractivity contribution in [3.05, 3.63) is 72.3 Å². The van der Waals surface area contributed by atoms with Crippen molar-refractivity contribution in [3.63, 3.8) is 0 Å². The van der Waals surface area contributed by atoms with Gasteiger partial charge < -0.3 is 9.80 Å². The molecule has 3 aromatic rings. The Labute approximate surface area is 195 Å². The Kier molecular flexibility index (Phi) is 7.17. The predicted octanol–water partition coefficient (Wildman–Crippen LogP) is 3.34. The molecule has 1 atom stereocenters. The molecule has 4 rings (SSSR count). The van der Waals surface area contributed by atoms with Crippen molar-refractivity contribution in [2.24, 2.45) is 0 Å². The van der Waals surface area contributed by atoms with E-state index in [2.05, 4.69) is 41.3 Å². The third-order valence-corrected chi connectivity index (χ3v) is 6.26. The van der Waals surface area contributed by atoms with Crippen LogP contribution in [0, 0.1) is 6.92 Å². The Morgan fingerprint density at radius 1 is 0.970 bits per heavy atom. The number of nitrogens with zero attached hydrogens (tertiary/aromatic N) is 5. The van der Waals surface area contributed by atoms with Gasteiger partial charge in [-0.25, -0.2) is 0 Å². The van der Waals surface area contributed by atoms with Crippen LogP contribution in [0.15, 0.2) is 61.1 Å². The number of carbonyl (C=O) groups excluding carboxylic acids is 2. The minimum absolute atomic E-state index is 0.00723. The van der Waals surface area contributed by atoms with Gasteiger partial charge in [-0.05, 0) is 48.2 Å². The van der Waals surface area contributed by atoms with Crippen LogP contribution in [0.5, 0.6) is 0 Å². The van der Waals surface area contributed by atoms with Gasteiger partial charge in [-0.2, -0.15) is 5.10 Å². The van der Waals surface area contributed by atoms with E-state index < -0.39 is 6.04 Å². The lowest BCUT2D eigenvalue weighted by atomic mass is 9.98. The summed E-state index contributed by atoms with van der Waals surface area (Å²) in [5.74, 6) is 0.0535. The fourth-order valence-corrected chi connectivity index (χ4v) is 4.41. The van der Waals surface area contributed by atoms with E-state index in [0.29, 0.717) is 32.5 Å². The van der Waals surface area contributed by atoms with Crippen LogP contribution in [0.4, 0.5) is 0 Å². The van der Waals surface area contributed by atoms with E-state index in [9.17, 15) is 9.59 Å². The molecule has 0 spiro atoms. The number of aromatic nitrogens is 3. The number of rotatable bonds is 8. The number of hydrogen-bond acceptors (Lipinski definition) is 4. The third-order valence-electron chi connectivity index (χ3n) is 6.26. The summed E-state index contributed by atoms with van der Waals surface area (Å²) in [6, 6.07) is 13.6. The van der Waals surface area contributed by atoms with Gasteiger partial charge in [0.25, 0.3) is 0 Å². The maximum atomic E-state index is 13.3. The monoisotopic (exact) mass is 445 g/mol. The number of carbonyl (C=O) groups is 2. The summed E-state index contributed by atoms with van der Waals surface area (Å²) in [5, 5.41) is 4.27. The summed E-state index contributed by atoms with van der Waals surface area (Å²) in [6.07, 6.45) is 7.06. The second-order valence-electron chi connectivity index (χ2n) is 8.51. The van der Waals surface area contributed by atoms with E-state index in [0.717, 1.165) is 35.3 Å². The lowest BCUT2D eigenvalue weighted by molar-refractivity contribution is -0.151. The first-order valence-electron chi connectivity index (χ1n) is 11.6. The summed E-state index contributed by atoms with van der Waals surface area (Å²) < 4.78 is 1.83. The van der Waals surface area contributed by atoms with Crippen molar-refractivity contribution in [2.45, 2.75) is 45.7 Å². The number of pyridine rings is 1. The fraction of sp³-hybridized carbons (Fsp3) is 0.385. The van der Waals surface area contributed by atoms with Gasteiger partial charge in [0.2, 0.25) is 11.8 Å². The van der Waals surface area contributed by atoms with E-state index in [1.54, 1.807) is 23.5 Å². The largest absolute Gasteiger partial charge is 0.339 e. The van der Waals surface area contributed by atoms with Crippen LogP contribution in [-0.2, 0) is 22.6 Å². The molecule has 0 bridgehead atoms. The average molecular weight is 446 g/mol. The highest BCUT2D eigenvalue weighted by molar-refractivity contribution is 5.89. The maximum absolute atomic E-state index is 13.3. The molecule has 1 fully saturated rings. The van der Waals surface area contributed by atoms with Crippen molar-refractivity contribution in [1.29, 1.82) is 0 Å². The van der Waals surface area contributed by atoms with Gasteiger partial charge in [-0.1, -0.05) is 31.2 Å².